The molecule has 0 unspecified atom stereocenters. The van der Waals surface area contributed by atoms with Crippen molar-refractivity contribution in [2.75, 3.05) is 13.1 Å². The van der Waals surface area contributed by atoms with Gasteiger partial charge < -0.3 is 10.0 Å². The van der Waals surface area contributed by atoms with Gasteiger partial charge in [-0.1, -0.05) is 23.7 Å². The number of aliphatic carboxylic acids is 1. The number of carboxylic acids is 1. The standard InChI is InChI=1S/C16H18ClNO3/c1-11-2-3-12(8-14(11)17)6-7-15(19)18(10-16(20)21)9-13-4-5-13/h2-3,6-8,13H,4-5,9-10H2,1H3,(H,20,21)/b7-6+. The SMILES string of the molecule is Cc1ccc(/C=C/C(=O)N(CC(=O)O)CC2CC2)cc1Cl. The van der Waals surface area contributed by atoms with Crippen LogP contribution in [0.5, 0.6) is 0 Å². The molecule has 1 N–H and O–H groups in total. The first kappa shape index (κ1) is 15.6. The summed E-state index contributed by atoms with van der Waals surface area (Å²) in [7, 11) is 0. The van der Waals surface area contributed by atoms with Crippen molar-refractivity contribution >= 4 is 29.6 Å². The highest BCUT2D eigenvalue weighted by Gasteiger charge is 2.27. The summed E-state index contributed by atoms with van der Waals surface area (Å²) >= 11 is 6.03. The third-order valence-corrected chi connectivity index (χ3v) is 3.83. The highest BCUT2D eigenvalue weighted by Crippen LogP contribution is 2.29. The van der Waals surface area contributed by atoms with Gasteiger partial charge in [-0.2, -0.15) is 0 Å². The molecule has 0 spiro atoms. The number of carbonyl (C=O) groups excluding carboxylic acids is 1. The molecule has 0 radical (unpaired) electrons. The van der Waals surface area contributed by atoms with Crippen molar-refractivity contribution in [1.29, 1.82) is 0 Å². The summed E-state index contributed by atoms with van der Waals surface area (Å²) in [6.45, 7) is 2.17. The van der Waals surface area contributed by atoms with Crippen LogP contribution in [0.4, 0.5) is 0 Å². The lowest BCUT2D eigenvalue weighted by molar-refractivity contribution is -0.142. The maximum absolute atomic E-state index is 12.1. The minimum absolute atomic E-state index is 0.256. The van der Waals surface area contributed by atoms with Crippen molar-refractivity contribution in [1.82, 2.24) is 4.90 Å². The van der Waals surface area contributed by atoms with E-state index in [0.717, 1.165) is 24.0 Å². The average molecular weight is 308 g/mol. The number of hydrogen-bond acceptors (Lipinski definition) is 2. The summed E-state index contributed by atoms with van der Waals surface area (Å²) in [5.41, 5.74) is 1.79. The Hall–Kier alpha value is -1.81. The zero-order valence-electron chi connectivity index (χ0n) is 11.9. The van der Waals surface area contributed by atoms with Crippen molar-refractivity contribution < 1.29 is 14.7 Å². The van der Waals surface area contributed by atoms with Crippen LogP contribution in [0.25, 0.3) is 6.08 Å². The summed E-state index contributed by atoms with van der Waals surface area (Å²) in [5.74, 6) is -0.813. The second-order valence-electron chi connectivity index (χ2n) is 5.40. The Kier molecular flexibility index (Phi) is 5.02. The molecule has 0 atom stereocenters. The molecule has 21 heavy (non-hydrogen) atoms. The van der Waals surface area contributed by atoms with Gasteiger partial charge in [-0.3, -0.25) is 9.59 Å². The lowest BCUT2D eigenvalue weighted by Crippen LogP contribution is -2.36. The summed E-state index contributed by atoms with van der Waals surface area (Å²) in [6.07, 6.45) is 5.21. The number of rotatable bonds is 6. The van der Waals surface area contributed by atoms with E-state index in [9.17, 15) is 9.59 Å². The zero-order valence-corrected chi connectivity index (χ0v) is 12.6. The van der Waals surface area contributed by atoms with Crippen molar-refractivity contribution in [3.05, 3.63) is 40.4 Å². The van der Waals surface area contributed by atoms with E-state index in [0.29, 0.717) is 17.5 Å². The van der Waals surface area contributed by atoms with Crippen LogP contribution in [0.1, 0.15) is 24.0 Å². The number of benzene rings is 1. The lowest BCUT2D eigenvalue weighted by Gasteiger charge is -2.18. The molecule has 0 saturated heterocycles. The molecule has 0 bridgehead atoms. The second-order valence-corrected chi connectivity index (χ2v) is 5.81. The van der Waals surface area contributed by atoms with Crippen LogP contribution in [-0.4, -0.2) is 35.0 Å². The molecular weight excluding hydrogens is 290 g/mol. The summed E-state index contributed by atoms with van der Waals surface area (Å²) in [5, 5.41) is 9.53. The lowest BCUT2D eigenvalue weighted by atomic mass is 10.1. The molecule has 1 aliphatic carbocycles. The summed E-state index contributed by atoms with van der Waals surface area (Å²) in [4.78, 5) is 24.3. The van der Waals surface area contributed by atoms with Crippen molar-refractivity contribution in [3.63, 3.8) is 0 Å². The van der Waals surface area contributed by atoms with Gasteiger partial charge in [0.1, 0.15) is 6.54 Å². The molecule has 112 valence electrons. The molecule has 4 nitrogen and oxygen atoms in total. The number of amides is 1. The third kappa shape index (κ3) is 4.90. The Morgan fingerprint density at radius 1 is 1.43 bits per heavy atom. The Labute approximate surface area is 129 Å². The molecule has 0 heterocycles. The van der Waals surface area contributed by atoms with Crippen LogP contribution < -0.4 is 0 Å². The number of aryl methyl sites for hydroxylation is 1. The molecule has 1 amide bonds. The van der Waals surface area contributed by atoms with Crippen LogP contribution in [-0.2, 0) is 9.59 Å². The summed E-state index contributed by atoms with van der Waals surface area (Å²) in [6, 6.07) is 5.53. The van der Waals surface area contributed by atoms with E-state index in [2.05, 4.69) is 0 Å². The van der Waals surface area contributed by atoms with Crippen LogP contribution in [0.2, 0.25) is 5.02 Å². The molecule has 0 aromatic heterocycles. The van der Waals surface area contributed by atoms with Crippen molar-refractivity contribution in [3.8, 4) is 0 Å². The van der Waals surface area contributed by atoms with E-state index < -0.39 is 5.97 Å². The minimum atomic E-state index is -0.990. The number of halogens is 1. The first-order valence-corrected chi connectivity index (χ1v) is 7.28. The first-order valence-electron chi connectivity index (χ1n) is 6.90. The van der Waals surface area contributed by atoms with Gasteiger partial charge in [0.25, 0.3) is 0 Å². The molecule has 1 aliphatic rings. The largest absolute Gasteiger partial charge is 0.480 e. The van der Waals surface area contributed by atoms with Gasteiger partial charge >= 0.3 is 5.97 Å². The fourth-order valence-corrected chi connectivity index (χ4v) is 2.18. The van der Waals surface area contributed by atoms with Gasteiger partial charge in [-0.25, -0.2) is 0 Å². The highest BCUT2D eigenvalue weighted by atomic mass is 35.5. The maximum atomic E-state index is 12.1. The quantitative estimate of drug-likeness (QED) is 0.822. The van der Waals surface area contributed by atoms with E-state index in [4.69, 9.17) is 16.7 Å². The van der Waals surface area contributed by atoms with Crippen LogP contribution in [0.15, 0.2) is 24.3 Å². The Morgan fingerprint density at radius 2 is 2.14 bits per heavy atom. The minimum Gasteiger partial charge on any atom is -0.480 e. The monoisotopic (exact) mass is 307 g/mol. The molecule has 1 aromatic carbocycles. The van der Waals surface area contributed by atoms with E-state index in [1.54, 1.807) is 12.1 Å². The van der Waals surface area contributed by atoms with E-state index in [1.807, 2.05) is 19.1 Å². The molecule has 1 fully saturated rings. The second kappa shape index (κ2) is 6.76. The molecule has 2 rings (SSSR count). The average Bonchev–Trinajstić information content (AvgIpc) is 3.22. The van der Waals surface area contributed by atoms with Gasteiger partial charge in [-0.15, -0.1) is 0 Å². The fraction of sp³-hybridized carbons (Fsp3) is 0.375. The highest BCUT2D eigenvalue weighted by molar-refractivity contribution is 6.31. The third-order valence-electron chi connectivity index (χ3n) is 3.43. The van der Waals surface area contributed by atoms with Gasteiger partial charge in [0.05, 0.1) is 0 Å². The van der Waals surface area contributed by atoms with Crippen LogP contribution >= 0.6 is 11.6 Å². The Morgan fingerprint density at radius 3 is 2.71 bits per heavy atom. The van der Waals surface area contributed by atoms with Crippen molar-refractivity contribution in [2.45, 2.75) is 19.8 Å². The number of carboxylic acid groups (broad SMARTS) is 1. The Bertz CT molecular complexity index is 579. The number of nitrogens with zero attached hydrogens (tertiary/aromatic N) is 1. The number of carbonyl (C=O) groups is 2. The predicted molar refractivity (Wildman–Crippen MR) is 82.2 cm³/mol. The summed E-state index contributed by atoms with van der Waals surface area (Å²) < 4.78 is 0. The normalized spacial score (nSPS) is 14.4. The maximum Gasteiger partial charge on any atom is 0.323 e. The Balaban J connectivity index is 2.03. The fourth-order valence-electron chi connectivity index (χ4n) is 1.99. The van der Waals surface area contributed by atoms with Gasteiger partial charge in [0, 0.05) is 17.6 Å². The van der Waals surface area contributed by atoms with E-state index in [-0.39, 0.29) is 12.5 Å². The van der Waals surface area contributed by atoms with Crippen LogP contribution in [0.3, 0.4) is 0 Å². The van der Waals surface area contributed by atoms with Gasteiger partial charge in [0.15, 0.2) is 0 Å². The van der Waals surface area contributed by atoms with Crippen LogP contribution in [0, 0.1) is 12.8 Å². The molecule has 0 aliphatic heterocycles. The molecule has 1 saturated carbocycles. The van der Waals surface area contributed by atoms with Gasteiger partial charge in [-0.05, 0) is 49.0 Å². The van der Waals surface area contributed by atoms with E-state index >= 15 is 0 Å². The molecule has 1 aromatic rings. The van der Waals surface area contributed by atoms with Crippen molar-refractivity contribution in [2.24, 2.45) is 5.92 Å². The molecule has 5 heteroatoms. The topological polar surface area (TPSA) is 57.6 Å². The zero-order chi connectivity index (χ0) is 15.4. The first-order chi connectivity index (χ1) is 9.95. The van der Waals surface area contributed by atoms with Gasteiger partial charge in [0.2, 0.25) is 5.91 Å². The predicted octanol–water partition coefficient (Wildman–Crippen LogP) is 2.98. The van der Waals surface area contributed by atoms with E-state index in [1.165, 1.54) is 11.0 Å². The molecular formula is C16H18ClNO3. The number of hydrogen-bond donors (Lipinski definition) is 1. The smallest absolute Gasteiger partial charge is 0.323 e.